The zero-order valence-corrected chi connectivity index (χ0v) is 59.7. The molecule has 21 nitrogen and oxygen atoms in total. The smallest absolute Gasteiger partial charge is 0.459 e. The predicted octanol–water partition coefficient (Wildman–Crippen LogP) is 15.2. The van der Waals surface area contributed by atoms with Crippen molar-refractivity contribution in [2.45, 2.75) is 253 Å². The van der Waals surface area contributed by atoms with E-state index in [1.165, 1.54) is 0 Å². The molecule has 19 atom stereocenters. The molecule has 4 saturated carbocycles. The maximum absolute atomic E-state index is 15.1. The first-order valence-corrected chi connectivity index (χ1v) is 37.7. The molecule has 21 heteroatoms. The summed E-state index contributed by atoms with van der Waals surface area (Å²) in [5, 5.41) is 4.59. The number of ether oxygens (including phenoxy) is 16. The molecular weight excluding hydrogens is 1330 g/mol. The Labute approximate surface area is 609 Å². The van der Waals surface area contributed by atoms with Crippen molar-refractivity contribution in [2.75, 3.05) is 13.2 Å². The van der Waals surface area contributed by atoms with Gasteiger partial charge in [-0.2, -0.15) is 0 Å². The molecule has 2 unspecified atom stereocenters. The lowest BCUT2D eigenvalue weighted by atomic mass is 9.75. The van der Waals surface area contributed by atoms with E-state index in [-0.39, 0.29) is 57.0 Å². The van der Waals surface area contributed by atoms with E-state index < -0.39 is 134 Å². The molecule has 0 bridgehead atoms. The molecule has 4 aliphatic carbocycles. The predicted molar refractivity (Wildman–Crippen MR) is 381 cm³/mol. The van der Waals surface area contributed by atoms with Crippen molar-refractivity contribution in [3.8, 4) is 0 Å². The average Bonchev–Trinajstić information content (AvgIpc) is 1.55. The van der Waals surface area contributed by atoms with Gasteiger partial charge in [0.1, 0.15) is 92.0 Å². The normalized spacial score (nSPS) is 32.0. The standard InChI is InChI=1S/C83H99N3O18/c1-54(2)62-41-40-55(3)46-63(62)97-81(88)100-72-71(73-75(103-82(101-73)42-24-10-25-43-82)76-74(72)102-83(104-76)44-26-11-27-45-83)99-79-66(85-86-84)69(91-49-58-32-16-6-17-33-58)68(65(95-79)53-94-78(87)61-38-22-9-23-39-61)98-80-77(93-51-60-36-20-8-21-37-60)70(92-50-59-34-18-7-19-35-59)67(90-48-57-30-14-5-15-31-57)64(96-80)52-89-47-56-28-12-4-13-29-56/h4-9,12-23,28-39,54-55,62-77,79-80H,10-11,24-27,40-53H2,1-3H3/t55-,62?,63?,64-,65-,66-,67-,68-,69-,70+,71+,72+,73-,74+,75+,76+,77+,79-,80-/m1/s1. The minimum atomic E-state index is -1.59. The van der Waals surface area contributed by atoms with Crippen LogP contribution in [0.15, 0.2) is 187 Å². The Morgan fingerprint density at radius 2 is 0.923 bits per heavy atom. The van der Waals surface area contributed by atoms with Crippen molar-refractivity contribution in [1.29, 1.82) is 0 Å². The van der Waals surface area contributed by atoms with Gasteiger partial charge in [0, 0.05) is 30.6 Å². The van der Waals surface area contributed by atoms with E-state index in [1.807, 2.05) is 158 Å². The third-order valence-electron chi connectivity index (χ3n) is 21.9. The highest BCUT2D eigenvalue weighted by Crippen LogP contribution is 2.54. The molecule has 0 amide bonds. The summed E-state index contributed by atoms with van der Waals surface area (Å²) in [6.45, 7) is 6.62. The highest BCUT2D eigenvalue weighted by molar-refractivity contribution is 5.89. The van der Waals surface area contributed by atoms with Crippen LogP contribution in [0.25, 0.3) is 10.4 Å². The summed E-state index contributed by atoms with van der Waals surface area (Å²) in [5.41, 5.74) is 15.8. The molecule has 8 fully saturated rings. The van der Waals surface area contributed by atoms with Crippen molar-refractivity contribution in [3.63, 3.8) is 0 Å². The van der Waals surface area contributed by atoms with E-state index in [2.05, 4.69) is 30.8 Å². The van der Waals surface area contributed by atoms with E-state index in [1.54, 1.807) is 24.3 Å². The molecule has 8 aliphatic rings. The van der Waals surface area contributed by atoms with Crippen LogP contribution in [-0.2, 0) is 109 Å². The van der Waals surface area contributed by atoms with Gasteiger partial charge >= 0.3 is 12.1 Å². The number of hydrogen-bond acceptors (Lipinski definition) is 19. The zero-order chi connectivity index (χ0) is 71.2. The summed E-state index contributed by atoms with van der Waals surface area (Å²) in [6.07, 6.45) is -7.66. The lowest BCUT2D eigenvalue weighted by Gasteiger charge is -2.50. The number of hydrogen-bond donors (Lipinski definition) is 0. The fourth-order valence-corrected chi connectivity index (χ4v) is 16.6. The Bertz CT molecular complexity index is 3680. The number of carbonyl (C=O) groups is 2. The Balaban J connectivity index is 0.875. The van der Waals surface area contributed by atoms with E-state index >= 15 is 4.79 Å². The minimum absolute atomic E-state index is 0.00148. The van der Waals surface area contributed by atoms with Gasteiger partial charge in [0.2, 0.25) is 0 Å². The Morgan fingerprint density at radius 3 is 1.44 bits per heavy atom. The number of benzene rings is 6. The largest absolute Gasteiger partial charge is 0.509 e. The van der Waals surface area contributed by atoms with E-state index in [0.717, 1.165) is 79.2 Å². The highest BCUT2D eigenvalue weighted by atomic mass is 16.8. The van der Waals surface area contributed by atoms with Gasteiger partial charge in [-0.3, -0.25) is 0 Å². The maximum Gasteiger partial charge on any atom is 0.509 e. The third-order valence-corrected chi connectivity index (χ3v) is 21.9. The minimum Gasteiger partial charge on any atom is -0.459 e. The molecule has 14 rings (SSSR count). The molecular formula is C83H99N3O18. The molecule has 2 spiro atoms. The van der Waals surface area contributed by atoms with E-state index in [4.69, 9.17) is 75.8 Å². The third kappa shape index (κ3) is 17.9. The Kier molecular flexibility index (Phi) is 24.9. The van der Waals surface area contributed by atoms with Crippen LogP contribution in [-0.4, -0.2) is 141 Å². The SMILES string of the molecule is CC(C)C1CC[C@@H](C)CC1OC(=O)O[C@H]1[C@H](O[C@H]2O[C@H](COC(=O)c3ccccc3)[C@@H](O[C@H]3O[C@H](COCc4ccccc4)[C@@H](OCc4ccccc4)[C@H](OCc4ccccc4)[C@@H]3OCc3ccccc3)[C@H](OCc3ccccc3)[C@H]2N=[N+]=[N-])[C@H]2OC3(CCCCC3)O[C@@H]2[C@H]2OC3(CCCCC3)O[C@@H]12. The van der Waals surface area contributed by atoms with Crippen LogP contribution < -0.4 is 0 Å². The molecule has 6 aromatic carbocycles. The summed E-state index contributed by atoms with van der Waals surface area (Å²) in [4.78, 5) is 33.1. The maximum atomic E-state index is 15.1. The summed E-state index contributed by atoms with van der Waals surface area (Å²) >= 11 is 0. The van der Waals surface area contributed by atoms with Gasteiger partial charge in [0.15, 0.2) is 30.3 Å². The second kappa shape index (κ2) is 35.1. The van der Waals surface area contributed by atoms with Crippen LogP contribution in [0.2, 0.25) is 0 Å². The second-order valence-electron chi connectivity index (χ2n) is 29.6. The highest BCUT2D eigenvalue weighted by Gasteiger charge is 2.69. The van der Waals surface area contributed by atoms with Crippen molar-refractivity contribution in [2.24, 2.45) is 22.9 Å². The molecule has 0 radical (unpaired) electrons. The van der Waals surface area contributed by atoms with Gasteiger partial charge in [-0.15, -0.1) is 0 Å². The van der Waals surface area contributed by atoms with Crippen LogP contribution in [0.1, 0.15) is 142 Å². The average molecular weight is 1430 g/mol. The molecule has 0 aromatic heterocycles. The van der Waals surface area contributed by atoms with Gasteiger partial charge < -0.3 is 75.8 Å². The fourth-order valence-electron chi connectivity index (χ4n) is 16.6. The zero-order valence-electron chi connectivity index (χ0n) is 59.7. The van der Waals surface area contributed by atoms with Gasteiger partial charge in [-0.1, -0.05) is 215 Å². The Hall–Kier alpha value is -7.15. The van der Waals surface area contributed by atoms with Crippen molar-refractivity contribution < 1.29 is 85.4 Å². The van der Waals surface area contributed by atoms with Crippen LogP contribution in [0.4, 0.5) is 4.79 Å². The molecule has 0 N–H and O–H groups in total. The van der Waals surface area contributed by atoms with Crippen molar-refractivity contribution in [1.82, 2.24) is 0 Å². The lowest BCUT2D eigenvalue weighted by molar-refractivity contribution is -0.369. The van der Waals surface area contributed by atoms with Gasteiger partial charge in [-0.05, 0) is 102 Å². The number of fused-ring (bicyclic) bond motifs is 3. The van der Waals surface area contributed by atoms with Gasteiger partial charge in [0.05, 0.1) is 45.2 Å². The van der Waals surface area contributed by atoms with Crippen LogP contribution in [0.3, 0.4) is 0 Å². The molecule has 554 valence electrons. The number of nitrogens with zero attached hydrogens (tertiary/aromatic N) is 3. The summed E-state index contributed by atoms with van der Waals surface area (Å²) in [7, 11) is 0. The van der Waals surface area contributed by atoms with Crippen LogP contribution in [0, 0.1) is 17.8 Å². The first-order chi connectivity index (χ1) is 51.0. The van der Waals surface area contributed by atoms with Crippen LogP contribution >= 0.6 is 0 Å². The first-order valence-electron chi connectivity index (χ1n) is 37.7. The Morgan fingerprint density at radius 1 is 0.481 bits per heavy atom. The van der Waals surface area contributed by atoms with Crippen molar-refractivity contribution >= 4 is 12.1 Å². The van der Waals surface area contributed by atoms with Crippen molar-refractivity contribution in [3.05, 3.63) is 226 Å². The topological polar surface area (TPSA) is 231 Å². The molecule has 104 heavy (non-hydrogen) atoms. The quantitative estimate of drug-likeness (QED) is 0.0202. The monoisotopic (exact) mass is 1430 g/mol. The molecule has 4 saturated heterocycles. The summed E-state index contributed by atoms with van der Waals surface area (Å²) < 4.78 is 114. The van der Waals surface area contributed by atoms with E-state index in [9.17, 15) is 10.3 Å². The fraction of sp³-hybridized carbons (Fsp3) is 0.542. The van der Waals surface area contributed by atoms with E-state index in [0.29, 0.717) is 38.0 Å². The van der Waals surface area contributed by atoms with Gasteiger partial charge in [0.25, 0.3) is 0 Å². The van der Waals surface area contributed by atoms with Gasteiger partial charge in [-0.25, -0.2) is 9.59 Å². The molecule has 4 heterocycles. The molecule has 4 aliphatic heterocycles. The first kappa shape index (κ1) is 73.7. The van der Waals surface area contributed by atoms with Crippen LogP contribution in [0.5, 0.6) is 0 Å². The number of esters is 1. The number of carbonyl (C=O) groups excluding carboxylic acids is 2. The molecule has 6 aromatic rings. The summed E-state index contributed by atoms with van der Waals surface area (Å²) in [5.74, 6) is -2.04. The number of azide groups is 1. The lowest BCUT2D eigenvalue weighted by Crippen LogP contribution is -2.68. The number of rotatable bonds is 27. The second-order valence-corrected chi connectivity index (χ2v) is 29.6. The summed E-state index contributed by atoms with van der Waals surface area (Å²) in [6, 6.07) is 56.1.